The second-order valence-corrected chi connectivity index (χ2v) is 5.41. The van der Waals surface area contributed by atoms with E-state index in [1.54, 1.807) is 18.3 Å². The molecule has 0 aliphatic carbocycles. The number of hydrogen-bond donors (Lipinski definition) is 1. The van der Waals surface area contributed by atoms with Crippen molar-refractivity contribution in [1.82, 2.24) is 15.1 Å². The molecule has 1 amide bonds. The number of methoxy groups -OCH3 is 1. The van der Waals surface area contributed by atoms with Crippen LogP contribution in [0.15, 0.2) is 24.4 Å². The van der Waals surface area contributed by atoms with E-state index in [0.717, 1.165) is 36.8 Å². The highest BCUT2D eigenvalue weighted by Gasteiger charge is 2.20. The topological polar surface area (TPSA) is 82.5 Å². The minimum atomic E-state index is -0.489. The third-order valence-electron chi connectivity index (χ3n) is 3.94. The molecule has 1 aromatic carbocycles. The number of fused-ring (bicyclic) bond motifs is 1. The molecular formula is C16H19N3O4. The Morgan fingerprint density at radius 2 is 2.30 bits per heavy atom. The van der Waals surface area contributed by atoms with Crippen molar-refractivity contribution in [2.24, 2.45) is 0 Å². The molecule has 2 heterocycles. The highest BCUT2D eigenvalue weighted by molar-refractivity contribution is 6.06. The fourth-order valence-corrected chi connectivity index (χ4v) is 2.73. The largest absolute Gasteiger partial charge is 0.468 e. The van der Waals surface area contributed by atoms with E-state index in [4.69, 9.17) is 4.74 Å². The summed E-state index contributed by atoms with van der Waals surface area (Å²) in [5, 5.41) is 7.68. The Bertz CT molecular complexity index is 719. The molecule has 122 valence electrons. The van der Waals surface area contributed by atoms with Crippen molar-refractivity contribution < 1.29 is 19.1 Å². The normalized spacial score (nSPS) is 17.9. The smallest absolute Gasteiger partial charge is 0.325 e. The molecule has 1 saturated heterocycles. The van der Waals surface area contributed by atoms with Crippen LogP contribution in [0.3, 0.4) is 0 Å². The number of carbonyl (C=O) groups is 2. The minimum absolute atomic E-state index is 0.0883. The van der Waals surface area contributed by atoms with Gasteiger partial charge in [0.05, 0.1) is 24.4 Å². The quantitative estimate of drug-likeness (QED) is 0.867. The lowest BCUT2D eigenvalue weighted by Crippen LogP contribution is -2.30. The molecule has 1 N–H and O–H groups in total. The van der Waals surface area contributed by atoms with Crippen LogP contribution in [0.25, 0.3) is 10.9 Å². The fourth-order valence-electron chi connectivity index (χ4n) is 2.73. The molecule has 23 heavy (non-hydrogen) atoms. The van der Waals surface area contributed by atoms with E-state index < -0.39 is 5.97 Å². The number of nitrogens with one attached hydrogen (secondary N) is 1. The molecular weight excluding hydrogens is 298 g/mol. The van der Waals surface area contributed by atoms with Gasteiger partial charge in [0.1, 0.15) is 6.54 Å². The van der Waals surface area contributed by atoms with Crippen molar-refractivity contribution in [2.75, 3.05) is 20.3 Å². The summed E-state index contributed by atoms with van der Waals surface area (Å²) in [6.07, 6.45) is 4.66. The molecule has 0 spiro atoms. The maximum atomic E-state index is 12.3. The van der Waals surface area contributed by atoms with Crippen molar-refractivity contribution in [1.29, 1.82) is 0 Å². The molecule has 7 heteroatoms. The molecule has 1 fully saturated rings. The van der Waals surface area contributed by atoms with Gasteiger partial charge in [-0.15, -0.1) is 0 Å². The third kappa shape index (κ3) is 3.19. The van der Waals surface area contributed by atoms with Crippen LogP contribution in [0.4, 0.5) is 0 Å². The van der Waals surface area contributed by atoms with Gasteiger partial charge in [-0.05, 0) is 31.4 Å². The molecule has 0 bridgehead atoms. The van der Waals surface area contributed by atoms with Crippen LogP contribution in [-0.4, -0.2) is 41.9 Å². The Morgan fingerprint density at radius 1 is 1.43 bits per heavy atom. The zero-order valence-electron chi connectivity index (χ0n) is 12.9. The van der Waals surface area contributed by atoms with Gasteiger partial charge in [-0.25, -0.2) is 4.68 Å². The predicted molar refractivity (Wildman–Crippen MR) is 82.9 cm³/mol. The molecule has 1 aliphatic rings. The Hall–Kier alpha value is -2.41. The number of benzene rings is 1. The molecule has 3 rings (SSSR count). The highest BCUT2D eigenvalue weighted by Crippen LogP contribution is 2.27. The van der Waals surface area contributed by atoms with Crippen LogP contribution in [0.5, 0.6) is 0 Å². The Labute approximate surface area is 133 Å². The van der Waals surface area contributed by atoms with Gasteiger partial charge in [0.25, 0.3) is 5.91 Å². The average molecular weight is 317 g/mol. The number of amides is 1. The van der Waals surface area contributed by atoms with Crippen LogP contribution in [-0.2, 0) is 14.3 Å². The molecule has 1 aliphatic heterocycles. The molecule has 1 atom stereocenters. The summed E-state index contributed by atoms with van der Waals surface area (Å²) in [6, 6.07) is 5.43. The van der Waals surface area contributed by atoms with Gasteiger partial charge in [0.15, 0.2) is 6.23 Å². The lowest BCUT2D eigenvalue weighted by Gasteiger charge is -2.23. The first-order valence-electron chi connectivity index (χ1n) is 7.63. The summed E-state index contributed by atoms with van der Waals surface area (Å²) in [5.74, 6) is -0.818. The highest BCUT2D eigenvalue weighted by atomic mass is 16.5. The lowest BCUT2D eigenvalue weighted by molar-refractivity contribution is -0.139. The molecule has 2 aromatic rings. The van der Waals surface area contributed by atoms with E-state index >= 15 is 0 Å². The van der Waals surface area contributed by atoms with Gasteiger partial charge >= 0.3 is 5.97 Å². The van der Waals surface area contributed by atoms with Crippen molar-refractivity contribution >= 4 is 22.8 Å². The molecule has 1 unspecified atom stereocenters. The standard InChI is InChI=1S/C16H19N3O4/c1-22-15(20)10-17-16(21)11-5-4-6-13-12(11)9-18-19(13)14-7-2-3-8-23-14/h4-6,9,14H,2-3,7-8,10H2,1H3,(H,17,21). The molecule has 0 saturated carbocycles. The second-order valence-electron chi connectivity index (χ2n) is 5.41. The zero-order chi connectivity index (χ0) is 16.2. The van der Waals surface area contributed by atoms with Crippen molar-refractivity contribution in [3.05, 3.63) is 30.0 Å². The number of carbonyl (C=O) groups excluding carboxylic acids is 2. The number of esters is 1. The van der Waals surface area contributed by atoms with Crippen molar-refractivity contribution in [3.63, 3.8) is 0 Å². The lowest BCUT2D eigenvalue weighted by atomic mass is 10.1. The maximum absolute atomic E-state index is 12.3. The van der Waals surface area contributed by atoms with Crippen LogP contribution in [0.1, 0.15) is 35.8 Å². The summed E-state index contributed by atoms with van der Waals surface area (Å²) in [7, 11) is 1.28. The number of rotatable bonds is 4. The molecule has 0 radical (unpaired) electrons. The van der Waals surface area contributed by atoms with E-state index in [-0.39, 0.29) is 18.7 Å². The van der Waals surface area contributed by atoms with Crippen LogP contribution in [0.2, 0.25) is 0 Å². The van der Waals surface area contributed by atoms with E-state index in [1.165, 1.54) is 7.11 Å². The fraction of sp³-hybridized carbons (Fsp3) is 0.438. The number of ether oxygens (including phenoxy) is 2. The number of hydrogen-bond acceptors (Lipinski definition) is 5. The summed E-state index contributed by atoms with van der Waals surface area (Å²) < 4.78 is 12.1. The van der Waals surface area contributed by atoms with Gasteiger partial charge in [0.2, 0.25) is 0 Å². The number of nitrogens with zero attached hydrogens (tertiary/aromatic N) is 2. The van der Waals surface area contributed by atoms with E-state index in [1.807, 2.05) is 10.7 Å². The van der Waals surface area contributed by atoms with Gasteiger partial charge < -0.3 is 14.8 Å². The summed E-state index contributed by atoms with van der Waals surface area (Å²) in [5.41, 5.74) is 1.33. The van der Waals surface area contributed by atoms with E-state index in [0.29, 0.717) is 5.56 Å². The van der Waals surface area contributed by atoms with Crippen LogP contribution < -0.4 is 5.32 Å². The summed E-state index contributed by atoms with van der Waals surface area (Å²) >= 11 is 0. The Balaban J connectivity index is 1.86. The summed E-state index contributed by atoms with van der Waals surface area (Å²) in [4.78, 5) is 23.4. The first-order chi connectivity index (χ1) is 11.2. The SMILES string of the molecule is COC(=O)CNC(=O)c1cccc2c1cnn2C1CCCCO1. The van der Waals surface area contributed by atoms with E-state index in [2.05, 4.69) is 15.2 Å². The van der Waals surface area contributed by atoms with Gasteiger partial charge in [-0.2, -0.15) is 5.10 Å². The van der Waals surface area contributed by atoms with Gasteiger partial charge in [-0.3, -0.25) is 9.59 Å². The zero-order valence-corrected chi connectivity index (χ0v) is 12.9. The first kappa shape index (κ1) is 15.5. The van der Waals surface area contributed by atoms with Gasteiger partial charge in [-0.1, -0.05) is 6.07 Å². The Morgan fingerprint density at radius 3 is 3.04 bits per heavy atom. The molecule has 7 nitrogen and oxygen atoms in total. The van der Waals surface area contributed by atoms with Crippen molar-refractivity contribution in [2.45, 2.75) is 25.5 Å². The van der Waals surface area contributed by atoms with Crippen molar-refractivity contribution in [3.8, 4) is 0 Å². The van der Waals surface area contributed by atoms with Crippen LogP contribution >= 0.6 is 0 Å². The van der Waals surface area contributed by atoms with Gasteiger partial charge in [0, 0.05) is 12.0 Å². The van der Waals surface area contributed by atoms with Crippen LogP contribution in [0, 0.1) is 0 Å². The number of aromatic nitrogens is 2. The third-order valence-corrected chi connectivity index (χ3v) is 3.94. The monoisotopic (exact) mass is 317 g/mol. The predicted octanol–water partition coefficient (Wildman–Crippen LogP) is 1.64. The maximum Gasteiger partial charge on any atom is 0.325 e. The average Bonchev–Trinajstić information content (AvgIpc) is 3.04. The summed E-state index contributed by atoms with van der Waals surface area (Å²) in [6.45, 7) is 0.566. The first-order valence-corrected chi connectivity index (χ1v) is 7.63. The minimum Gasteiger partial charge on any atom is -0.468 e. The molecule has 1 aromatic heterocycles. The second kappa shape index (κ2) is 6.78. The Kier molecular flexibility index (Phi) is 4.57. The van der Waals surface area contributed by atoms with E-state index in [9.17, 15) is 9.59 Å².